The number of benzene rings is 2. The average Bonchev–Trinajstić information content (AvgIpc) is 3.20. The van der Waals surface area contributed by atoms with Gasteiger partial charge in [-0.25, -0.2) is 23.4 Å². The van der Waals surface area contributed by atoms with Crippen LogP contribution in [-0.4, -0.2) is 112 Å². The average molecular weight is 834 g/mol. The monoisotopic (exact) mass is 833 g/mol. The smallest absolute Gasteiger partial charge is 0.305 e. The summed E-state index contributed by atoms with van der Waals surface area (Å²) in [5, 5.41) is 33.5. The molecule has 4 rings (SSSR count). The van der Waals surface area contributed by atoms with Gasteiger partial charge < -0.3 is 23.7 Å². The van der Waals surface area contributed by atoms with Gasteiger partial charge in [-0.2, -0.15) is 4.98 Å². The Morgan fingerprint density at radius 3 is 1.97 bits per heavy atom. The first kappa shape index (κ1) is 45.1. The van der Waals surface area contributed by atoms with E-state index in [1.807, 2.05) is 0 Å². The fourth-order valence-electron chi connectivity index (χ4n) is 4.80. The van der Waals surface area contributed by atoms with E-state index in [0.717, 1.165) is 0 Å². The van der Waals surface area contributed by atoms with Crippen LogP contribution >= 0.6 is 0 Å². The molecule has 0 atom stereocenters. The minimum Gasteiger partial charge on any atom is -0.493 e. The molecule has 0 amide bonds. The maximum Gasteiger partial charge on any atom is 0.305 e. The number of hydrogen-bond donors (Lipinski definition) is 5. The number of aromatic nitrogens is 4. The Bertz CT molecular complexity index is 2040. The lowest BCUT2D eigenvalue weighted by Crippen LogP contribution is -2.26. The Labute approximate surface area is 332 Å². The van der Waals surface area contributed by atoms with Gasteiger partial charge in [0.15, 0.2) is 23.1 Å². The molecule has 0 saturated heterocycles. The van der Waals surface area contributed by atoms with Gasteiger partial charge in [-0.1, -0.05) is 38.1 Å². The van der Waals surface area contributed by atoms with E-state index in [4.69, 9.17) is 44.5 Å². The van der Waals surface area contributed by atoms with E-state index < -0.39 is 38.2 Å². The van der Waals surface area contributed by atoms with E-state index in [1.54, 1.807) is 56.3 Å². The first-order valence-electron chi connectivity index (χ1n) is 17.4. The van der Waals surface area contributed by atoms with E-state index in [0.29, 0.717) is 5.56 Å². The van der Waals surface area contributed by atoms with Crippen LogP contribution in [-0.2, 0) is 44.2 Å². The first-order valence-corrected chi connectivity index (χ1v) is 18.9. The van der Waals surface area contributed by atoms with Crippen molar-refractivity contribution in [2.24, 2.45) is 0 Å². The summed E-state index contributed by atoms with van der Waals surface area (Å²) in [7, 11) is -3.00. The molecule has 2 aromatic carbocycles. The van der Waals surface area contributed by atoms with E-state index in [2.05, 4.69) is 34.3 Å². The van der Waals surface area contributed by atoms with Crippen molar-refractivity contribution in [3.63, 3.8) is 0 Å². The Balaban J connectivity index is 1.60. The molecule has 0 saturated carbocycles. The van der Waals surface area contributed by atoms with Crippen molar-refractivity contribution < 1.29 is 72.2 Å². The third-order valence-electron chi connectivity index (χ3n) is 7.70. The summed E-state index contributed by atoms with van der Waals surface area (Å²) in [4.78, 5) is 50.3. The number of carbonyl (C=O) groups is 2. The largest absolute Gasteiger partial charge is 0.493 e. The second kappa shape index (κ2) is 21.8. The highest BCUT2D eigenvalue weighted by atomic mass is 32.2. The summed E-state index contributed by atoms with van der Waals surface area (Å²) in [6.45, 7) is 2.73. The molecule has 0 aliphatic rings. The van der Waals surface area contributed by atoms with Crippen molar-refractivity contribution in [1.82, 2.24) is 30.7 Å². The third kappa shape index (κ3) is 14.1. The number of esters is 2. The molecule has 0 unspecified atom stereocenters. The van der Waals surface area contributed by atoms with Crippen LogP contribution in [0.25, 0.3) is 11.6 Å². The predicted molar refractivity (Wildman–Crippen MR) is 195 cm³/mol. The van der Waals surface area contributed by atoms with Crippen LogP contribution in [0.5, 0.6) is 23.1 Å². The molecular formula is C35H43N7O15S. The molecule has 2 heterocycles. The number of para-hydroxylation sites is 2. The molecule has 314 valence electrons. The zero-order chi connectivity index (χ0) is 42.1. The number of nitrogens with one attached hydrogen (secondary N) is 1. The maximum absolute atomic E-state index is 14.0. The normalized spacial score (nSPS) is 11.7. The number of carbonyl (C=O) groups excluding carboxylic acids is 2. The van der Waals surface area contributed by atoms with Crippen molar-refractivity contribution in [2.75, 3.05) is 44.9 Å². The van der Waals surface area contributed by atoms with Gasteiger partial charge in [0.1, 0.15) is 19.8 Å². The van der Waals surface area contributed by atoms with Gasteiger partial charge in [-0.15, -0.1) is 0 Å². The molecule has 0 bridgehead atoms. The summed E-state index contributed by atoms with van der Waals surface area (Å²) < 4.78 is 58.5. The van der Waals surface area contributed by atoms with Crippen molar-refractivity contribution in [1.29, 1.82) is 0 Å². The summed E-state index contributed by atoms with van der Waals surface area (Å²) in [5.74, 6) is -1.83. The number of anilines is 1. The number of sulfonamides is 1. The first-order chi connectivity index (χ1) is 27.7. The fraction of sp³-hybridized carbons (Fsp3) is 0.371. The standard InChI is InChI=1S/C35H43N7O15S/c1-35(2,23-54-29(44)12-7-20-56-42(47)48)24-13-15-25(16-14-24)58(49,50)40-31-30(57-27-10-5-4-9-26(27)51-3)34(39-33(38-31)32-36-17-8-18-37-32)53-22-21-52-28(43)11-6-19-55-41(45)46/h4-5,8-10,13-18,45-48H,6-7,11-12,19-23H2,1-3H3,(H,38,39,40). The summed E-state index contributed by atoms with van der Waals surface area (Å²) in [6, 6.07) is 13.9. The highest BCUT2D eigenvalue weighted by Gasteiger charge is 2.28. The van der Waals surface area contributed by atoms with Gasteiger partial charge in [0.25, 0.3) is 15.9 Å². The molecule has 0 fully saturated rings. The number of nitrogens with zero attached hydrogens (tertiary/aromatic N) is 6. The third-order valence-corrected chi connectivity index (χ3v) is 9.06. The van der Waals surface area contributed by atoms with Crippen molar-refractivity contribution in [2.45, 2.75) is 49.8 Å². The number of hydrogen-bond acceptors (Lipinski definition) is 21. The zero-order valence-electron chi connectivity index (χ0n) is 31.6. The molecule has 22 nitrogen and oxygen atoms in total. The second-order valence-electron chi connectivity index (χ2n) is 12.5. The zero-order valence-corrected chi connectivity index (χ0v) is 32.4. The molecule has 2 aromatic heterocycles. The van der Waals surface area contributed by atoms with Crippen molar-refractivity contribution in [3.8, 4) is 34.8 Å². The van der Waals surface area contributed by atoms with Crippen LogP contribution in [0.15, 0.2) is 71.9 Å². The van der Waals surface area contributed by atoms with E-state index in [-0.39, 0.29) is 104 Å². The van der Waals surface area contributed by atoms with E-state index in [1.165, 1.54) is 31.6 Å². The fourth-order valence-corrected chi connectivity index (χ4v) is 5.80. The Hall–Kier alpha value is -5.63. The lowest BCUT2D eigenvalue weighted by molar-refractivity contribution is -0.492. The van der Waals surface area contributed by atoms with Gasteiger partial charge in [0.2, 0.25) is 11.6 Å². The van der Waals surface area contributed by atoms with Crippen LogP contribution in [0.2, 0.25) is 0 Å². The maximum atomic E-state index is 14.0. The molecule has 0 radical (unpaired) electrons. The Morgan fingerprint density at radius 2 is 1.36 bits per heavy atom. The second-order valence-corrected chi connectivity index (χ2v) is 14.2. The minimum atomic E-state index is -4.42. The van der Waals surface area contributed by atoms with E-state index >= 15 is 0 Å². The van der Waals surface area contributed by atoms with Crippen LogP contribution in [0, 0.1) is 0 Å². The minimum absolute atomic E-state index is 0.0113. The highest BCUT2D eigenvalue weighted by Crippen LogP contribution is 2.41. The molecule has 0 aliphatic carbocycles. The Morgan fingerprint density at radius 1 is 0.759 bits per heavy atom. The lowest BCUT2D eigenvalue weighted by atomic mass is 9.86. The van der Waals surface area contributed by atoms with Crippen LogP contribution < -0.4 is 18.9 Å². The molecule has 4 aromatic rings. The summed E-state index contributed by atoms with van der Waals surface area (Å²) in [5.41, 5.74) is -0.0882. The number of methoxy groups -OCH3 is 1. The predicted octanol–water partition coefficient (Wildman–Crippen LogP) is 3.86. The van der Waals surface area contributed by atoms with E-state index in [9.17, 15) is 18.0 Å². The van der Waals surface area contributed by atoms with Gasteiger partial charge in [0, 0.05) is 30.7 Å². The van der Waals surface area contributed by atoms with Crippen LogP contribution in [0.4, 0.5) is 5.82 Å². The molecule has 58 heavy (non-hydrogen) atoms. The summed E-state index contributed by atoms with van der Waals surface area (Å²) in [6.07, 6.45) is 3.02. The van der Waals surface area contributed by atoms with Gasteiger partial charge >= 0.3 is 11.9 Å². The van der Waals surface area contributed by atoms with Gasteiger partial charge in [-0.3, -0.25) is 44.8 Å². The number of rotatable bonds is 24. The molecule has 23 heteroatoms. The topological polar surface area (TPSA) is 284 Å². The van der Waals surface area contributed by atoms with Gasteiger partial charge in [-0.05, 0) is 48.7 Å². The molecule has 0 aliphatic heterocycles. The van der Waals surface area contributed by atoms with Gasteiger partial charge in [0.05, 0.1) is 36.0 Å². The van der Waals surface area contributed by atoms with Crippen LogP contribution in [0.3, 0.4) is 0 Å². The van der Waals surface area contributed by atoms with Crippen LogP contribution in [0.1, 0.15) is 45.1 Å². The Kier molecular flexibility index (Phi) is 16.9. The lowest BCUT2D eigenvalue weighted by Gasteiger charge is -2.25. The highest BCUT2D eigenvalue weighted by molar-refractivity contribution is 7.92. The van der Waals surface area contributed by atoms with Crippen molar-refractivity contribution in [3.05, 3.63) is 72.6 Å². The molecular weight excluding hydrogens is 790 g/mol. The molecule has 0 spiro atoms. The summed E-state index contributed by atoms with van der Waals surface area (Å²) >= 11 is 0. The SMILES string of the molecule is COc1ccccc1Oc1c(NS(=O)(=O)c2ccc(C(C)(C)COC(=O)CCCON(O)O)cc2)nc(-c2ncccn2)nc1OCCOC(=O)CCCON(O)O. The number of ether oxygens (including phenoxy) is 5. The molecule has 5 N–H and O–H groups in total. The van der Waals surface area contributed by atoms with Crippen molar-refractivity contribution >= 4 is 27.8 Å². The quantitative estimate of drug-likeness (QED) is 0.0380.